The average molecular weight is 385 g/mol. The molecule has 1 aromatic carbocycles. The summed E-state index contributed by atoms with van der Waals surface area (Å²) in [6.45, 7) is 2.96. The quantitative estimate of drug-likeness (QED) is 0.797. The summed E-state index contributed by atoms with van der Waals surface area (Å²) in [5.74, 6) is 1.83. The number of likely N-dealkylation sites (tertiary alicyclic amines) is 1. The molecule has 2 aliphatic heterocycles. The lowest BCUT2D eigenvalue weighted by atomic mass is 10.1. The Balaban J connectivity index is 1.43. The molecule has 3 heterocycles. The van der Waals surface area contributed by atoms with Crippen molar-refractivity contribution in [3.63, 3.8) is 0 Å². The van der Waals surface area contributed by atoms with Gasteiger partial charge in [-0.25, -0.2) is 9.97 Å². The van der Waals surface area contributed by atoms with E-state index >= 15 is 0 Å². The number of carbonyl (C=O) groups is 1. The number of fused-ring (bicyclic) bond motifs is 1. The van der Waals surface area contributed by atoms with Crippen LogP contribution in [-0.2, 0) is 4.79 Å². The fraction of sp³-hybridized carbons (Fsp3) is 0.450. The average Bonchev–Trinajstić information content (AvgIpc) is 2.73. The van der Waals surface area contributed by atoms with E-state index in [9.17, 15) is 4.79 Å². The number of para-hydroxylation sites is 2. The number of nitrogens with zero attached hydrogens (tertiary/aromatic N) is 3. The molecule has 1 saturated heterocycles. The van der Waals surface area contributed by atoms with Gasteiger partial charge in [-0.15, -0.1) is 0 Å². The van der Waals surface area contributed by atoms with Crippen LogP contribution < -0.4 is 18.9 Å². The van der Waals surface area contributed by atoms with Crippen molar-refractivity contribution in [1.29, 1.82) is 0 Å². The summed E-state index contributed by atoms with van der Waals surface area (Å²) in [6.07, 6.45) is 3.51. The van der Waals surface area contributed by atoms with Gasteiger partial charge in [-0.05, 0) is 31.9 Å². The van der Waals surface area contributed by atoms with Crippen LogP contribution in [0.15, 0.2) is 36.7 Å². The highest BCUT2D eigenvalue weighted by molar-refractivity contribution is 5.82. The Morgan fingerprint density at radius 1 is 1.14 bits per heavy atom. The third-order valence-electron chi connectivity index (χ3n) is 4.88. The van der Waals surface area contributed by atoms with Crippen molar-refractivity contribution in [1.82, 2.24) is 14.9 Å². The number of benzene rings is 1. The summed E-state index contributed by atoms with van der Waals surface area (Å²) < 4.78 is 23.0. The highest BCUT2D eigenvalue weighted by atomic mass is 16.6. The normalized spacial score (nSPS) is 23.8. The molecule has 0 saturated carbocycles. The third-order valence-corrected chi connectivity index (χ3v) is 4.88. The molecule has 0 bridgehead atoms. The highest BCUT2D eigenvalue weighted by Gasteiger charge is 2.38. The lowest BCUT2D eigenvalue weighted by Gasteiger charge is -2.37. The molecular formula is C20H23N3O5. The number of hydrogen-bond acceptors (Lipinski definition) is 7. The Labute approximate surface area is 163 Å². The van der Waals surface area contributed by atoms with Gasteiger partial charge in [0.25, 0.3) is 17.7 Å². The van der Waals surface area contributed by atoms with Gasteiger partial charge in [0.1, 0.15) is 12.2 Å². The first-order chi connectivity index (χ1) is 13.7. The molecule has 0 N–H and O–H groups in total. The molecule has 3 unspecified atom stereocenters. The minimum Gasteiger partial charge on any atom is -0.482 e. The Hall–Kier alpha value is -3.03. The van der Waals surface area contributed by atoms with Gasteiger partial charge in [-0.3, -0.25) is 4.79 Å². The summed E-state index contributed by atoms with van der Waals surface area (Å²) in [4.78, 5) is 23.2. The van der Waals surface area contributed by atoms with Crippen molar-refractivity contribution in [3.8, 4) is 23.3 Å². The van der Waals surface area contributed by atoms with Crippen LogP contribution in [-0.4, -0.2) is 59.3 Å². The van der Waals surface area contributed by atoms with E-state index in [0.717, 1.165) is 12.8 Å². The largest absolute Gasteiger partial charge is 0.482 e. The second-order valence-corrected chi connectivity index (χ2v) is 6.85. The maximum Gasteiger partial charge on any atom is 0.278 e. The molecule has 0 radical (unpaired) electrons. The first kappa shape index (κ1) is 18.3. The summed E-state index contributed by atoms with van der Waals surface area (Å²) >= 11 is 0. The van der Waals surface area contributed by atoms with Crippen LogP contribution >= 0.6 is 0 Å². The maximum absolute atomic E-state index is 13.1. The van der Waals surface area contributed by atoms with E-state index in [4.69, 9.17) is 18.9 Å². The summed E-state index contributed by atoms with van der Waals surface area (Å²) in [5.41, 5.74) is 0. The van der Waals surface area contributed by atoms with Crippen LogP contribution in [0.1, 0.15) is 19.8 Å². The molecule has 8 nitrogen and oxygen atoms in total. The van der Waals surface area contributed by atoms with Gasteiger partial charge >= 0.3 is 0 Å². The Morgan fingerprint density at radius 2 is 1.86 bits per heavy atom. The molecule has 148 valence electrons. The van der Waals surface area contributed by atoms with E-state index in [1.807, 2.05) is 31.2 Å². The molecule has 1 amide bonds. The zero-order valence-corrected chi connectivity index (χ0v) is 15.9. The first-order valence-corrected chi connectivity index (χ1v) is 9.38. The second-order valence-electron chi connectivity index (χ2n) is 6.85. The van der Waals surface area contributed by atoms with Crippen molar-refractivity contribution in [3.05, 3.63) is 36.7 Å². The van der Waals surface area contributed by atoms with Crippen molar-refractivity contribution in [2.75, 3.05) is 20.2 Å². The molecule has 1 aromatic heterocycles. The number of rotatable bonds is 4. The summed E-state index contributed by atoms with van der Waals surface area (Å²) in [5, 5.41) is 0. The van der Waals surface area contributed by atoms with Gasteiger partial charge in [-0.1, -0.05) is 12.1 Å². The Bertz CT molecular complexity index is 846. The van der Waals surface area contributed by atoms with E-state index in [1.165, 1.54) is 7.11 Å². The van der Waals surface area contributed by atoms with E-state index in [2.05, 4.69) is 9.97 Å². The lowest BCUT2D eigenvalue weighted by molar-refractivity contribution is -0.147. The number of hydrogen-bond donors (Lipinski definition) is 0. The Morgan fingerprint density at radius 3 is 2.61 bits per heavy atom. The molecule has 3 atom stereocenters. The van der Waals surface area contributed by atoms with Gasteiger partial charge in [-0.2, -0.15) is 0 Å². The monoisotopic (exact) mass is 385 g/mol. The zero-order valence-electron chi connectivity index (χ0n) is 15.9. The minimum atomic E-state index is -0.681. The number of ether oxygens (including phenoxy) is 4. The molecule has 28 heavy (non-hydrogen) atoms. The van der Waals surface area contributed by atoms with Gasteiger partial charge in [0.05, 0.1) is 13.7 Å². The van der Waals surface area contributed by atoms with E-state index in [-0.39, 0.29) is 18.1 Å². The van der Waals surface area contributed by atoms with E-state index in [0.29, 0.717) is 36.3 Å². The molecule has 4 rings (SSSR count). The number of carbonyl (C=O) groups excluding carboxylic acids is 1. The van der Waals surface area contributed by atoms with Crippen LogP contribution in [0.2, 0.25) is 0 Å². The van der Waals surface area contributed by atoms with Crippen molar-refractivity contribution in [2.45, 2.75) is 38.1 Å². The topological polar surface area (TPSA) is 83.0 Å². The second kappa shape index (κ2) is 7.92. The van der Waals surface area contributed by atoms with Crippen LogP contribution in [0.25, 0.3) is 0 Å². The van der Waals surface area contributed by atoms with Gasteiger partial charge in [0, 0.05) is 18.9 Å². The predicted octanol–water partition coefficient (Wildman–Crippen LogP) is 2.08. The third kappa shape index (κ3) is 3.67. The molecule has 0 spiro atoms. The minimum absolute atomic E-state index is 0.0959. The molecule has 0 aliphatic carbocycles. The predicted molar refractivity (Wildman–Crippen MR) is 99.8 cm³/mol. The van der Waals surface area contributed by atoms with Crippen molar-refractivity contribution < 1.29 is 23.7 Å². The van der Waals surface area contributed by atoms with Gasteiger partial charge in [0.15, 0.2) is 11.5 Å². The number of amides is 1. The first-order valence-electron chi connectivity index (χ1n) is 9.38. The van der Waals surface area contributed by atoms with Crippen LogP contribution in [0.3, 0.4) is 0 Å². The number of methoxy groups -OCH3 is 1. The van der Waals surface area contributed by atoms with Gasteiger partial charge < -0.3 is 23.8 Å². The molecule has 8 heteroatoms. The Kier molecular flexibility index (Phi) is 5.18. The van der Waals surface area contributed by atoms with Crippen LogP contribution in [0.5, 0.6) is 23.3 Å². The van der Waals surface area contributed by atoms with Crippen LogP contribution in [0.4, 0.5) is 0 Å². The SMILES string of the molecule is COc1nccnc1OC1CCCN(C(=O)C2Oc3ccccc3OC2C)C1. The zero-order chi connectivity index (χ0) is 19.5. The number of piperidine rings is 1. The molecule has 2 aliphatic rings. The summed E-state index contributed by atoms with van der Waals surface area (Å²) in [7, 11) is 1.52. The molecule has 1 fully saturated rings. The van der Waals surface area contributed by atoms with Crippen molar-refractivity contribution >= 4 is 5.91 Å². The van der Waals surface area contributed by atoms with Crippen LogP contribution in [0, 0.1) is 0 Å². The fourth-order valence-corrected chi connectivity index (χ4v) is 3.50. The van der Waals surface area contributed by atoms with E-state index in [1.54, 1.807) is 17.3 Å². The molecule has 2 aromatic rings. The van der Waals surface area contributed by atoms with E-state index < -0.39 is 6.10 Å². The standard InChI is InChI=1S/C20H23N3O5/c1-13-17(28-16-8-4-3-7-15(16)26-13)20(24)23-11-5-6-14(12-23)27-19-18(25-2)21-9-10-22-19/h3-4,7-10,13-14,17H,5-6,11-12H2,1-2H3. The van der Waals surface area contributed by atoms with Gasteiger partial charge in [0.2, 0.25) is 6.10 Å². The molecular weight excluding hydrogens is 362 g/mol. The smallest absolute Gasteiger partial charge is 0.278 e. The summed E-state index contributed by atoms with van der Waals surface area (Å²) in [6, 6.07) is 7.39. The number of aromatic nitrogens is 2. The lowest BCUT2D eigenvalue weighted by Crippen LogP contribution is -2.54. The highest BCUT2D eigenvalue weighted by Crippen LogP contribution is 2.34. The van der Waals surface area contributed by atoms with Crippen molar-refractivity contribution in [2.24, 2.45) is 0 Å². The fourth-order valence-electron chi connectivity index (χ4n) is 3.50. The maximum atomic E-state index is 13.1.